The molecule has 14 heavy (non-hydrogen) atoms. The van der Waals surface area contributed by atoms with Crippen LogP contribution in [0.1, 0.15) is 34.9 Å². The first kappa shape index (κ1) is 10.2. The lowest BCUT2D eigenvalue weighted by atomic mass is 10.0. The molecule has 1 aliphatic carbocycles. The largest absolute Gasteiger partial charge is 0.0836 e. The zero-order valence-corrected chi connectivity index (χ0v) is 10.6. The summed E-state index contributed by atoms with van der Waals surface area (Å²) in [5, 5.41) is 0. The molecule has 0 saturated heterocycles. The summed E-state index contributed by atoms with van der Waals surface area (Å²) in [7, 11) is 0. The second-order valence-electron chi connectivity index (χ2n) is 4.64. The van der Waals surface area contributed by atoms with Crippen LogP contribution in [0.3, 0.4) is 0 Å². The maximum absolute atomic E-state index is 3.83. The van der Waals surface area contributed by atoms with Crippen molar-refractivity contribution in [1.29, 1.82) is 0 Å². The predicted molar refractivity (Wildman–Crippen MR) is 64.9 cm³/mol. The van der Waals surface area contributed by atoms with Gasteiger partial charge in [0.25, 0.3) is 0 Å². The van der Waals surface area contributed by atoms with Crippen LogP contribution >= 0.6 is 15.9 Å². The van der Waals surface area contributed by atoms with Crippen LogP contribution in [0.25, 0.3) is 0 Å². The fourth-order valence-electron chi connectivity index (χ4n) is 2.12. The number of halogens is 1. The molecule has 0 spiro atoms. The SMILES string of the molecule is Cc1ccc(C(Br)C2CC2C)c(C)c1. The van der Waals surface area contributed by atoms with Crippen LogP contribution < -0.4 is 0 Å². The summed E-state index contributed by atoms with van der Waals surface area (Å²) in [6, 6.07) is 6.76. The number of benzene rings is 1. The Balaban J connectivity index is 2.23. The van der Waals surface area contributed by atoms with E-state index in [2.05, 4.69) is 54.9 Å². The van der Waals surface area contributed by atoms with Gasteiger partial charge in [0.15, 0.2) is 0 Å². The minimum Gasteiger partial charge on any atom is -0.0836 e. The maximum atomic E-state index is 3.83. The number of alkyl halides is 1. The number of aryl methyl sites for hydroxylation is 2. The third-order valence-corrected chi connectivity index (χ3v) is 4.44. The van der Waals surface area contributed by atoms with E-state index in [9.17, 15) is 0 Å². The normalized spacial score (nSPS) is 27.4. The van der Waals surface area contributed by atoms with Crippen LogP contribution in [0.5, 0.6) is 0 Å². The highest BCUT2D eigenvalue weighted by molar-refractivity contribution is 9.09. The van der Waals surface area contributed by atoms with Crippen molar-refractivity contribution in [3.63, 3.8) is 0 Å². The van der Waals surface area contributed by atoms with Gasteiger partial charge < -0.3 is 0 Å². The highest BCUT2D eigenvalue weighted by Crippen LogP contribution is 2.51. The van der Waals surface area contributed by atoms with Crippen molar-refractivity contribution in [2.45, 2.75) is 32.0 Å². The van der Waals surface area contributed by atoms with E-state index in [4.69, 9.17) is 0 Å². The average molecular weight is 253 g/mol. The summed E-state index contributed by atoms with van der Waals surface area (Å²) in [5.41, 5.74) is 4.26. The minimum atomic E-state index is 0.568. The van der Waals surface area contributed by atoms with Gasteiger partial charge in [0, 0.05) is 4.83 Å². The van der Waals surface area contributed by atoms with Gasteiger partial charge in [-0.15, -0.1) is 0 Å². The molecule has 0 heterocycles. The molecule has 1 heteroatoms. The van der Waals surface area contributed by atoms with Crippen molar-refractivity contribution >= 4 is 15.9 Å². The molecule has 0 N–H and O–H groups in total. The molecule has 1 saturated carbocycles. The topological polar surface area (TPSA) is 0 Å². The van der Waals surface area contributed by atoms with Crippen LogP contribution in [-0.4, -0.2) is 0 Å². The van der Waals surface area contributed by atoms with Crippen molar-refractivity contribution in [1.82, 2.24) is 0 Å². The molecule has 1 fully saturated rings. The number of rotatable bonds is 2. The molecular weight excluding hydrogens is 236 g/mol. The first-order valence-corrected chi connectivity index (χ1v) is 6.22. The first-order chi connectivity index (χ1) is 6.59. The molecule has 1 aromatic rings. The Morgan fingerprint density at radius 2 is 2.00 bits per heavy atom. The number of hydrogen-bond acceptors (Lipinski definition) is 0. The lowest BCUT2D eigenvalue weighted by Gasteiger charge is -2.13. The Morgan fingerprint density at radius 1 is 1.36 bits per heavy atom. The Hall–Kier alpha value is -0.300. The Labute approximate surface area is 94.8 Å². The van der Waals surface area contributed by atoms with Gasteiger partial charge in [0.2, 0.25) is 0 Å². The molecule has 0 bridgehead atoms. The third-order valence-electron chi connectivity index (χ3n) is 3.27. The summed E-state index contributed by atoms with van der Waals surface area (Å²) in [4.78, 5) is 0.568. The average Bonchev–Trinajstić information content (AvgIpc) is 2.81. The first-order valence-electron chi connectivity index (χ1n) is 5.31. The molecule has 76 valence electrons. The zero-order valence-electron chi connectivity index (χ0n) is 9.05. The van der Waals surface area contributed by atoms with Gasteiger partial charge in [-0.25, -0.2) is 0 Å². The summed E-state index contributed by atoms with van der Waals surface area (Å²) in [5.74, 6) is 1.76. The van der Waals surface area contributed by atoms with E-state index < -0.39 is 0 Å². The fraction of sp³-hybridized carbons (Fsp3) is 0.538. The molecule has 0 aliphatic heterocycles. The quantitative estimate of drug-likeness (QED) is 0.685. The molecule has 0 aromatic heterocycles. The third kappa shape index (κ3) is 1.88. The highest BCUT2D eigenvalue weighted by atomic mass is 79.9. The molecule has 1 aromatic carbocycles. The van der Waals surface area contributed by atoms with Gasteiger partial charge in [0.05, 0.1) is 0 Å². The molecule has 0 amide bonds. The van der Waals surface area contributed by atoms with E-state index in [-0.39, 0.29) is 0 Å². The zero-order chi connectivity index (χ0) is 10.3. The van der Waals surface area contributed by atoms with Crippen LogP contribution in [0.2, 0.25) is 0 Å². The Kier molecular flexibility index (Phi) is 2.70. The smallest absolute Gasteiger partial charge is 0.0428 e. The predicted octanol–water partition coefficient (Wildman–Crippen LogP) is 4.40. The second-order valence-corrected chi connectivity index (χ2v) is 5.63. The van der Waals surface area contributed by atoms with Crippen LogP contribution in [-0.2, 0) is 0 Å². The van der Waals surface area contributed by atoms with Crippen LogP contribution in [0.4, 0.5) is 0 Å². The molecule has 1 aliphatic rings. The van der Waals surface area contributed by atoms with E-state index >= 15 is 0 Å². The monoisotopic (exact) mass is 252 g/mol. The van der Waals surface area contributed by atoms with E-state index in [0.717, 1.165) is 11.8 Å². The van der Waals surface area contributed by atoms with Gasteiger partial charge in [-0.1, -0.05) is 46.6 Å². The van der Waals surface area contributed by atoms with Crippen molar-refractivity contribution in [3.8, 4) is 0 Å². The molecule has 0 radical (unpaired) electrons. The fourth-order valence-corrected chi connectivity index (χ4v) is 3.37. The Bertz CT molecular complexity index is 343. The van der Waals surface area contributed by atoms with Crippen LogP contribution in [0, 0.1) is 25.7 Å². The standard InChI is InChI=1S/C13H17Br/c1-8-4-5-11(9(2)6-8)13(14)12-7-10(12)3/h4-6,10,12-13H,7H2,1-3H3. The van der Waals surface area contributed by atoms with Crippen molar-refractivity contribution in [2.75, 3.05) is 0 Å². The Morgan fingerprint density at radius 3 is 2.50 bits per heavy atom. The molecule has 2 rings (SSSR count). The molecular formula is C13H17Br. The summed E-state index contributed by atoms with van der Waals surface area (Å²) in [6.45, 7) is 6.70. The van der Waals surface area contributed by atoms with Crippen molar-refractivity contribution in [3.05, 3.63) is 34.9 Å². The van der Waals surface area contributed by atoms with Gasteiger partial charge in [-0.2, -0.15) is 0 Å². The van der Waals surface area contributed by atoms with Gasteiger partial charge in [-0.05, 0) is 43.2 Å². The molecule has 3 unspecified atom stereocenters. The van der Waals surface area contributed by atoms with E-state index in [1.54, 1.807) is 0 Å². The molecule has 3 atom stereocenters. The van der Waals surface area contributed by atoms with Gasteiger partial charge >= 0.3 is 0 Å². The highest BCUT2D eigenvalue weighted by Gasteiger charge is 2.39. The lowest BCUT2D eigenvalue weighted by Crippen LogP contribution is -1.97. The van der Waals surface area contributed by atoms with E-state index in [1.807, 2.05) is 0 Å². The van der Waals surface area contributed by atoms with Gasteiger partial charge in [-0.3, -0.25) is 0 Å². The number of hydrogen-bond donors (Lipinski definition) is 0. The van der Waals surface area contributed by atoms with Gasteiger partial charge in [0.1, 0.15) is 0 Å². The van der Waals surface area contributed by atoms with Crippen molar-refractivity contribution in [2.24, 2.45) is 11.8 Å². The van der Waals surface area contributed by atoms with E-state index in [1.165, 1.54) is 23.1 Å². The van der Waals surface area contributed by atoms with E-state index in [0.29, 0.717) is 4.83 Å². The summed E-state index contributed by atoms with van der Waals surface area (Å²) >= 11 is 3.83. The molecule has 0 nitrogen and oxygen atoms in total. The summed E-state index contributed by atoms with van der Waals surface area (Å²) < 4.78 is 0. The minimum absolute atomic E-state index is 0.568. The lowest BCUT2D eigenvalue weighted by molar-refractivity contribution is 0.737. The van der Waals surface area contributed by atoms with Crippen molar-refractivity contribution < 1.29 is 0 Å². The second kappa shape index (κ2) is 3.69. The van der Waals surface area contributed by atoms with Crippen LogP contribution in [0.15, 0.2) is 18.2 Å². The summed E-state index contributed by atoms with van der Waals surface area (Å²) in [6.07, 6.45) is 1.38. The maximum Gasteiger partial charge on any atom is 0.0428 e.